The lowest BCUT2D eigenvalue weighted by atomic mass is 10.0. The second kappa shape index (κ2) is 20.7. The normalized spacial score (nSPS) is 10.4. The first-order chi connectivity index (χ1) is 8.91. The zero-order chi connectivity index (χ0) is 13.3. The monoisotopic (exact) mass is 337 g/mol. The first-order valence-corrected chi connectivity index (χ1v) is 8.28. The smallest absolute Gasteiger partial charge is 0.106 e. The van der Waals surface area contributed by atoms with E-state index in [1.807, 2.05) is 0 Å². The molecule has 0 radical (unpaired) electrons. The van der Waals surface area contributed by atoms with Gasteiger partial charge < -0.3 is 17.0 Å². The summed E-state index contributed by atoms with van der Waals surface area (Å²) in [5.74, 6) is 3.38. The first kappa shape index (κ1) is 21.7. The van der Waals surface area contributed by atoms with Gasteiger partial charge in [0, 0.05) is 0 Å². The van der Waals surface area contributed by atoms with Crippen LogP contribution in [0.5, 0.6) is 0 Å². The fourth-order valence-corrected chi connectivity index (χ4v) is 2.40. The Balaban J connectivity index is 0. The van der Waals surface area contributed by atoms with E-state index >= 15 is 0 Å². The maximum absolute atomic E-state index is 4.80. The van der Waals surface area contributed by atoms with Crippen molar-refractivity contribution < 1.29 is 27.7 Å². The summed E-state index contributed by atoms with van der Waals surface area (Å²) >= 11 is 0. The third kappa shape index (κ3) is 20.9. The second-order valence-electron chi connectivity index (χ2n) is 5.50. The summed E-state index contributed by atoms with van der Waals surface area (Å²) in [5.41, 5.74) is 0. The lowest BCUT2D eigenvalue weighted by Crippen LogP contribution is -3.00. The van der Waals surface area contributed by atoms with Crippen molar-refractivity contribution in [3.63, 3.8) is 0 Å². The standard InChI is InChI=1S/C16H36NO.BrH/c1-2-3-4-5-6-7-8-9-10-11-12-13-14-15-16-18-17;/h2-16H2,1,17H3;1H/q+1;/p-1. The topological polar surface area (TPSA) is 36.9 Å². The van der Waals surface area contributed by atoms with Gasteiger partial charge in [0.25, 0.3) is 0 Å². The Morgan fingerprint density at radius 1 is 0.579 bits per heavy atom. The highest BCUT2D eigenvalue weighted by Gasteiger charge is 1.94. The van der Waals surface area contributed by atoms with Crippen LogP contribution >= 0.6 is 0 Å². The molecule has 0 aliphatic rings. The number of hydrogen-bond donors (Lipinski definition) is 1. The first-order valence-electron chi connectivity index (χ1n) is 8.28. The van der Waals surface area contributed by atoms with Gasteiger partial charge in [-0.3, -0.25) is 0 Å². The molecule has 3 N–H and O–H groups in total. The van der Waals surface area contributed by atoms with E-state index in [1.165, 1.54) is 89.9 Å². The zero-order valence-electron chi connectivity index (χ0n) is 13.1. The Hall–Kier alpha value is 0.400. The number of halogens is 1. The van der Waals surface area contributed by atoms with E-state index in [2.05, 4.69) is 12.8 Å². The Bertz CT molecular complexity index is 129. The SMILES string of the molecule is CCCCCCCCCCCCCCCCO[NH3+].[Br-]. The summed E-state index contributed by atoms with van der Waals surface area (Å²) in [5, 5.41) is 0. The number of unbranched alkanes of at least 4 members (excludes halogenated alkanes) is 13. The van der Waals surface area contributed by atoms with E-state index in [0.29, 0.717) is 0 Å². The molecular weight excluding hydrogens is 302 g/mol. The maximum atomic E-state index is 4.80. The van der Waals surface area contributed by atoms with Crippen molar-refractivity contribution >= 4 is 0 Å². The molecule has 0 saturated heterocycles. The molecule has 0 bridgehead atoms. The third-order valence-corrected chi connectivity index (χ3v) is 3.64. The Morgan fingerprint density at radius 2 is 0.895 bits per heavy atom. The molecule has 0 aromatic carbocycles. The predicted octanol–water partition coefficient (Wildman–Crippen LogP) is 1.65. The quantitative estimate of drug-likeness (QED) is 0.358. The molecule has 0 fully saturated rings. The van der Waals surface area contributed by atoms with E-state index < -0.39 is 0 Å². The Morgan fingerprint density at radius 3 is 1.21 bits per heavy atom. The highest BCUT2D eigenvalue weighted by Crippen LogP contribution is 2.12. The summed E-state index contributed by atoms with van der Waals surface area (Å²) in [7, 11) is 0. The van der Waals surface area contributed by atoms with Gasteiger partial charge in [0.2, 0.25) is 0 Å². The lowest BCUT2D eigenvalue weighted by Gasteiger charge is -2.02. The maximum Gasteiger partial charge on any atom is 0.106 e. The molecule has 19 heavy (non-hydrogen) atoms. The second-order valence-corrected chi connectivity index (χ2v) is 5.50. The fourth-order valence-electron chi connectivity index (χ4n) is 2.40. The van der Waals surface area contributed by atoms with E-state index in [1.54, 1.807) is 0 Å². The van der Waals surface area contributed by atoms with Crippen molar-refractivity contribution in [2.45, 2.75) is 96.8 Å². The fraction of sp³-hybridized carbons (Fsp3) is 1.00. The molecule has 118 valence electrons. The highest BCUT2D eigenvalue weighted by atomic mass is 79.9. The van der Waals surface area contributed by atoms with Crippen LogP contribution in [-0.4, -0.2) is 6.61 Å². The van der Waals surface area contributed by atoms with Crippen molar-refractivity contribution in [2.75, 3.05) is 6.61 Å². The minimum atomic E-state index is 0. The van der Waals surface area contributed by atoms with Gasteiger partial charge in [0.05, 0.1) is 0 Å². The Kier molecular flexibility index (Phi) is 23.6. The number of hydrogen-bond acceptors (Lipinski definition) is 1. The van der Waals surface area contributed by atoms with Crippen molar-refractivity contribution in [1.29, 1.82) is 0 Å². The molecule has 0 aromatic heterocycles. The average Bonchev–Trinajstić information content (AvgIpc) is 2.39. The summed E-state index contributed by atoms with van der Waals surface area (Å²) in [6.45, 7) is 3.12. The van der Waals surface area contributed by atoms with Gasteiger partial charge in [-0.15, -0.1) is 0 Å². The van der Waals surface area contributed by atoms with Crippen LogP contribution in [0.15, 0.2) is 0 Å². The van der Waals surface area contributed by atoms with Gasteiger partial charge in [-0.25, -0.2) is 10.7 Å². The summed E-state index contributed by atoms with van der Waals surface area (Å²) < 4.78 is 0. The number of rotatable bonds is 15. The molecular formula is C16H36BrNO. The van der Waals surface area contributed by atoms with Crippen LogP contribution in [0.25, 0.3) is 0 Å². The minimum Gasteiger partial charge on any atom is -1.00 e. The van der Waals surface area contributed by atoms with E-state index in [9.17, 15) is 0 Å². The Labute approximate surface area is 131 Å². The van der Waals surface area contributed by atoms with Crippen LogP contribution < -0.4 is 22.9 Å². The molecule has 0 atom stereocenters. The highest BCUT2D eigenvalue weighted by molar-refractivity contribution is 4.49. The van der Waals surface area contributed by atoms with Gasteiger partial charge in [-0.2, -0.15) is 0 Å². The number of quaternary nitrogens is 1. The van der Waals surface area contributed by atoms with Crippen molar-refractivity contribution in [3.05, 3.63) is 0 Å². The van der Waals surface area contributed by atoms with E-state index in [0.717, 1.165) is 6.61 Å². The van der Waals surface area contributed by atoms with Gasteiger partial charge in [0.15, 0.2) is 0 Å². The molecule has 3 heteroatoms. The largest absolute Gasteiger partial charge is 1.00 e. The average molecular weight is 338 g/mol. The molecule has 0 amide bonds. The van der Waals surface area contributed by atoms with Crippen LogP contribution in [0.4, 0.5) is 0 Å². The molecule has 0 aliphatic heterocycles. The summed E-state index contributed by atoms with van der Waals surface area (Å²) in [6.07, 6.45) is 19.7. The molecule has 0 aliphatic carbocycles. The van der Waals surface area contributed by atoms with Crippen molar-refractivity contribution in [3.8, 4) is 0 Å². The van der Waals surface area contributed by atoms with Crippen LogP contribution in [0.2, 0.25) is 0 Å². The zero-order valence-corrected chi connectivity index (χ0v) is 14.7. The van der Waals surface area contributed by atoms with E-state index in [4.69, 9.17) is 4.84 Å². The van der Waals surface area contributed by atoms with Gasteiger partial charge in [0.1, 0.15) is 6.61 Å². The predicted molar refractivity (Wildman–Crippen MR) is 79.2 cm³/mol. The van der Waals surface area contributed by atoms with Gasteiger partial charge in [-0.05, 0) is 6.42 Å². The molecule has 0 heterocycles. The minimum absolute atomic E-state index is 0. The molecule has 0 spiro atoms. The van der Waals surface area contributed by atoms with Crippen LogP contribution in [0.1, 0.15) is 96.8 Å². The third-order valence-electron chi connectivity index (χ3n) is 3.64. The lowest BCUT2D eigenvalue weighted by molar-refractivity contribution is -0.689. The van der Waals surface area contributed by atoms with Crippen LogP contribution in [0, 0.1) is 0 Å². The molecule has 0 aromatic rings. The molecule has 0 unspecified atom stereocenters. The molecule has 2 nitrogen and oxygen atoms in total. The summed E-state index contributed by atoms with van der Waals surface area (Å²) in [4.78, 5) is 4.80. The van der Waals surface area contributed by atoms with Gasteiger partial charge >= 0.3 is 0 Å². The summed E-state index contributed by atoms with van der Waals surface area (Å²) in [6, 6.07) is 0. The molecule has 0 rings (SSSR count). The molecule has 0 saturated carbocycles. The van der Waals surface area contributed by atoms with E-state index in [-0.39, 0.29) is 17.0 Å². The van der Waals surface area contributed by atoms with Gasteiger partial charge in [-0.1, -0.05) is 90.4 Å². The van der Waals surface area contributed by atoms with Crippen molar-refractivity contribution in [1.82, 2.24) is 0 Å². The van der Waals surface area contributed by atoms with Crippen LogP contribution in [-0.2, 0) is 4.84 Å². The van der Waals surface area contributed by atoms with Crippen LogP contribution in [0.3, 0.4) is 0 Å². The van der Waals surface area contributed by atoms with Crippen molar-refractivity contribution in [2.24, 2.45) is 0 Å².